The fraction of sp³-hybridized carbons (Fsp3) is 0.185. The highest BCUT2D eigenvalue weighted by Gasteiger charge is 2.46. The second kappa shape index (κ2) is 9.52. The maximum atomic E-state index is 13.1. The summed E-state index contributed by atoms with van der Waals surface area (Å²) in [6.07, 6.45) is 0.856. The van der Waals surface area contributed by atoms with Crippen molar-refractivity contribution in [2.75, 3.05) is 6.61 Å². The molecule has 1 aliphatic rings. The van der Waals surface area contributed by atoms with E-state index in [4.69, 9.17) is 4.74 Å². The van der Waals surface area contributed by atoms with Gasteiger partial charge in [0.25, 0.3) is 11.7 Å². The quantitative estimate of drug-likeness (QED) is 0.324. The molecule has 1 atom stereocenters. The Morgan fingerprint density at radius 1 is 0.938 bits per heavy atom. The van der Waals surface area contributed by atoms with Crippen molar-refractivity contribution in [2.24, 2.45) is 0 Å². The summed E-state index contributed by atoms with van der Waals surface area (Å²) in [6, 6.07) is 25.1. The van der Waals surface area contributed by atoms with Gasteiger partial charge in [-0.25, -0.2) is 0 Å². The number of nitrogens with zero attached hydrogens (tertiary/aromatic N) is 1. The van der Waals surface area contributed by atoms with Crippen LogP contribution in [0.2, 0.25) is 0 Å². The Morgan fingerprint density at radius 2 is 1.62 bits per heavy atom. The maximum absolute atomic E-state index is 13.1. The number of hydrogen-bond acceptors (Lipinski definition) is 4. The van der Waals surface area contributed by atoms with Gasteiger partial charge in [-0.05, 0) is 29.7 Å². The van der Waals surface area contributed by atoms with E-state index < -0.39 is 17.7 Å². The summed E-state index contributed by atoms with van der Waals surface area (Å²) < 4.78 is 5.67. The van der Waals surface area contributed by atoms with Gasteiger partial charge in [-0.15, -0.1) is 0 Å². The van der Waals surface area contributed by atoms with E-state index >= 15 is 0 Å². The largest absolute Gasteiger partial charge is 0.507 e. The number of amides is 1. The number of rotatable bonds is 7. The first kappa shape index (κ1) is 21.4. The van der Waals surface area contributed by atoms with E-state index in [2.05, 4.69) is 0 Å². The van der Waals surface area contributed by atoms with Gasteiger partial charge in [0, 0.05) is 12.1 Å². The summed E-state index contributed by atoms with van der Waals surface area (Å²) in [7, 11) is 0. The van der Waals surface area contributed by atoms with Crippen LogP contribution in [0, 0.1) is 0 Å². The summed E-state index contributed by atoms with van der Waals surface area (Å²) >= 11 is 0. The van der Waals surface area contributed by atoms with Gasteiger partial charge in [0.2, 0.25) is 0 Å². The molecule has 0 radical (unpaired) electrons. The zero-order valence-corrected chi connectivity index (χ0v) is 17.9. The molecule has 1 aliphatic heterocycles. The van der Waals surface area contributed by atoms with Crippen LogP contribution in [0.25, 0.3) is 5.76 Å². The monoisotopic (exact) mass is 427 g/mol. The summed E-state index contributed by atoms with van der Waals surface area (Å²) in [5.41, 5.74) is 2.20. The highest BCUT2D eigenvalue weighted by Crippen LogP contribution is 2.40. The van der Waals surface area contributed by atoms with Crippen LogP contribution in [0.4, 0.5) is 0 Å². The van der Waals surface area contributed by atoms with Gasteiger partial charge in [0.1, 0.15) is 11.5 Å². The number of hydrogen-bond donors (Lipinski definition) is 1. The van der Waals surface area contributed by atoms with Gasteiger partial charge in [-0.1, -0.05) is 79.7 Å². The van der Waals surface area contributed by atoms with Crippen LogP contribution >= 0.6 is 0 Å². The third-order valence-corrected chi connectivity index (χ3v) is 5.43. The molecule has 1 unspecified atom stereocenters. The Kier molecular flexibility index (Phi) is 6.36. The van der Waals surface area contributed by atoms with Crippen molar-refractivity contribution in [1.82, 2.24) is 4.90 Å². The molecule has 1 heterocycles. The predicted octanol–water partition coefficient (Wildman–Crippen LogP) is 5.10. The minimum absolute atomic E-state index is 0.0878. The van der Waals surface area contributed by atoms with Crippen molar-refractivity contribution in [3.63, 3.8) is 0 Å². The number of likely N-dealkylation sites (tertiary alicyclic amines) is 1. The van der Waals surface area contributed by atoms with Crippen molar-refractivity contribution >= 4 is 17.4 Å². The Labute approximate surface area is 187 Å². The lowest BCUT2D eigenvalue weighted by Crippen LogP contribution is -2.29. The minimum atomic E-state index is -0.688. The van der Waals surface area contributed by atoms with Crippen LogP contribution in [0.1, 0.15) is 36.1 Å². The van der Waals surface area contributed by atoms with Crippen molar-refractivity contribution in [1.29, 1.82) is 0 Å². The fourth-order valence-corrected chi connectivity index (χ4v) is 3.91. The third-order valence-electron chi connectivity index (χ3n) is 5.43. The average molecular weight is 428 g/mol. The highest BCUT2D eigenvalue weighted by molar-refractivity contribution is 6.46. The molecular weight excluding hydrogens is 402 g/mol. The van der Waals surface area contributed by atoms with E-state index in [1.807, 2.05) is 67.6 Å². The molecule has 1 N–H and O–H groups in total. The van der Waals surface area contributed by atoms with Crippen LogP contribution in [-0.4, -0.2) is 28.3 Å². The SMILES string of the molecule is CCCOc1cccc(C(O)=C2C(=O)C(=O)N(Cc3ccccc3)C2c2ccccc2)c1. The molecule has 4 rings (SSSR count). The molecule has 3 aromatic rings. The molecule has 5 nitrogen and oxygen atoms in total. The maximum Gasteiger partial charge on any atom is 0.295 e. The van der Waals surface area contributed by atoms with Crippen LogP contribution in [-0.2, 0) is 16.1 Å². The molecule has 1 fully saturated rings. The second-order valence-corrected chi connectivity index (χ2v) is 7.70. The van der Waals surface area contributed by atoms with Gasteiger partial charge in [0.05, 0.1) is 18.2 Å². The van der Waals surface area contributed by atoms with E-state index in [-0.39, 0.29) is 17.9 Å². The predicted molar refractivity (Wildman–Crippen MR) is 123 cm³/mol. The molecular formula is C27H25NO4. The van der Waals surface area contributed by atoms with E-state index in [0.29, 0.717) is 17.9 Å². The third kappa shape index (κ3) is 4.28. The van der Waals surface area contributed by atoms with Crippen LogP contribution < -0.4 is 4.74 Å². The number of ketones is 1. The van der Waals surface area contributed by atoms with E-state index in [0.717, 1.165) is 17.5 Å². The molecule has 1 saturated heterocycles. The van der Waals surface area contributed by atoms with Gasteiger partial charge >= 0.3 is 0 Å². The Hall–Kier alpha value is -3.86. The molecule has 0 aromatic heterocycles. The summed E-state index contributed by atoms with van der Waals surface area (Å²) in [5.74, 6) is -0.907. The van der Waals surface area contributed by atoms with Gasteiger partial charge in [0.15, 0.2) is 0 Å². The Balaban J connectivity index is 1.80. The van der Waals surface area contributed by atoms with Gasteiger partial charge in [-0.2, -0.15) is 0 Å². The lowest BCUT2D eigenvalue weighted by atomic mass is 9.95. The van der Waals surface area contributed by atoms with Crippen LogP contribution in [0.3, 0.4) is 0 Å². The first-order valence-electron chi connectivity index (χ1n) is 10.7. The molecule has 32 heavy (non-hydrogen) atoms. The Bertz CT molecular complexity index is 1140. The van der Waals surface area contributed by atoms with E-state index in [1.54, 1.807) is 24.3 Å². The number of carbonyl (C=O) groups excluding carboxylic acids is 2. The summed E-state index contributed by atoms with van der Waals surface area (Å²) in [4.78, 5) is 27.7. The molecule has 0 bridgehead atoms. The molecule has 5 heteroatoms. The molecule has 162 valence electrons. The normalized spacial score (nSPS) is 17.5. The van der Waals surface area contributed by atoms with E-state index in [1.165, 1.54) is 4.90 Å². The number of benzene rings is 3. The molecule has 0 spiro atoms. The minimum Gasteiger partial charge on any atom is -0.507 e. The van der Waals surface area contributed by atoms with Crippen LogP contribution in [0.5, 0.6) is 5.75 Å². The van der Waals surface area contributed by atoms with Crippen LogP contribution in [0.15, 0.2) is 90.5 Å². The molecule has 3 aromatic carbocycles. The Morgan fingerprint density at radius 3 is 2.31 bits per heavy atom. The zero-order chi connectivity index (χ0) is 22.5. The van der Waals surface area contributed by atoms with Crippen molar-refractivity contribution in [3.8, 4) is 5.75 Å². The summed E-state index contributed by atoms with van der Waals surface area (Å²) in [6.45, 7) is 2.83. The number of ether oxygens (including phenoxy) is 1. The fourth-order valence-electron chi connectivity index (χ4n) is 3.91. The first-order chi connectivity index (χ1) is 15.6. The number of carbonyl (C=O) groups is 2. The molecule has 1 amide bonds. The van der Waals surface area contributed by atoms with Crippen molar-refractivity contribution in [2.45, 2.75) is 25.9 Å². The lowest BCUT2D eigenvalue weighted by molar-refractivity contribution is -0.140. The highest BCUT2D eigenvalue weighted by atomic mass is 16.5. The average Bonchev–Trinajstić information content (AvgIpc) is 3.08. The lowest BCUT2D eigenvalue weighted by Gasteiger charge is -2.25. The number of aliphatic hydroxyl groups excluding tert-OH is 1. The van der Waals surface area contributed by atoms with Crippen molar-refractivity contribution < 1.29 is 19.4 Å². The summed E-state index contributed by atoms with van der Waals surface area (Å²) in [5, 5.41) is 11.2. The first-order valence-corrected chi connectivity index (χ1v) is 10.7. The van der Waals surface area contributed by atoms with E-state index in [9.17, 15) is 14.7 Å². The topological polar surface area (TPSA) is 66.8 Å². The standard InChI is InChI=1S/C27H25NO4/c1-2-16-32-22-15-9-14-21(17-22)25(29)23-24(20-12-7-4-8-13-20)28(27(31)26(23)30)18-19-10-5-3-6-11-19/h3-15,17,24,29H,2,16,18H2,1H3. The smallest absolute Gasteiger partial charge is 0.295 e. The molecule has 0 saturated carbocycles. The second-order valence-electron chi connectivity index (χ2n) is 7.70. The number of aliphatic hydroxyl groups is 1. The van der Waals surface area contributed by atoms with Crippen molar-refractivity contribution in [3.05, 3.63) is 107 Å². The van der Waals surface area contributed by atoms with Gasteiger partial charge in [-0.3, -0.25) is 9.59 Å². The zero-order valence-electron chi connectivity index (χ0n) is 17.9. The van der Waals surface area contributed by atoms with Gasteiger partial charge < -0.3 is 14.7 Å². The number of Topliss-reactive ketones (excluding diaryl/α,β-unsaturated/α-hetero) is 1. The molecule has 0 aliphatic carbocycles.